The molecule has 1 fully saturated rings. The standard InChI is InChI=1S/C29H41N7O5.2C2HF3O2/c1-8-33(9-2)27(38)20-17-24-35(32-28(30)36(24)31-26(20)41-10-3)18-23(37)19-15-21(29(4,5)6)25(39-7)22(16-19)34-11-13-40-14-12-34;2*3-2(4,5)1(6)7/h15-17H,8-14,18H2,1-7H3,(H-,30,31,32,38);2*(H,6,7). The summed E-state index contributed by atoms with van der Waals surface area (Å²) in [4.78, 5) is 48.7. The summed E-state index contributed by atoms with van der Waals surface area (Å²) in [6.45, 7) is 15.8. The fraction of sp³-hybridized carbons (Fsp3) is 0.545. The van der Waals surface area contributed by atoms with Gasteiger partial charge in [-0.1, -0.05) is 25.3 Å². The van der Waals surface area contributed by atoms with Crippen molar-refractivity contribution in [3.8, 4) is 11.6 Å². The third-order valence-corrected chi connectivity index (χ3v) is 7.70. The second-order valence-electron chi connectivity index (χ2n) is 12.5. The number of fused-ring (bicyclic) bond motifs is 1. The minimum Gasteiger partial charge on any atom is -0.542 e. The summed E-state index contributed by atoms with van der Waals surface area (Å²) in [7, 11) is 1.66. The molecule has 306 valence electrons. The minimum absolute atomic E-state index is 0.0784. The fourth-order valence-corrected chi connectivity index (χ4v) is 5.02. The number of carbonyl (C=O) groups excluding carboxylic acids is 3. The van der Waals surface area contributed by atoms with Gasteiger partial charge < -0.3 is 44.8 Å². The number of alkyl halides is 6. The van der Waals surface area contributed by atoms with Crippen molar-refractivity contribution in [1.29, 1.82) is 0 Å². The number of hydrogen-bond donors (Lipinski definition) is 2. The fourth-order valence-electron chi connectivity index (χ4n) is 5.02. The predicted octanol–water partition coefficient (Wildman–Crippen LogP) is 2.44. The first-order valence-corrected chi connectivity index (χ1v) is 16.6. The van der Waals surface area contributed by atoms with E-state index in [2.05, 4.69) is 35.9 Å². The van der Waals surface area contributed by atoms with Crippen LogP contribution in [0.3, 0.4) is 0 Å². The number of carbonyl (C=O) groups is 4. The summed E-state index contributed by atoms with van der Waals surface area (Å²) in [5.74, 6) is -5.14. The van der Waals surface area contributed by atoms with Crippen LogP contribution in [0.5, 0.6) is 11.6 Å². The molecule has 0 spiro atoms. The molecule has 3 aromatic rings. The van der Waals surface area contributed by atoms with E-state index < -0.39 is 24.3 Å². The highest BCUT2D eigenvalue weighted by Gasteiger charge is 2.38. The maximum absolute atomic E-state index is 13.9. The number of benzene rings is 1. The number of carboxylic acid groups (broad SMARTS) is 2. The molecule has 0 aliphatic carbocycles. The molecule has 22 heteroatoms. The molecule has 1 aliphatic heterocycles. The van der Waals surface area contributed by atoms with E-state index in [0.29, 0.717) is 62.8 Å². The summed E-state index contributed by atoms with van der Waals surface area (Å²) < 4.78 is 83.3. The molecule has 1 aliphatic rings. The smallest absolute Gasteiger partial charge is 0.490 e. The number of nitrogen functional groups attached to an aromatic ring is 1. The molecule has 55 heavy (non-hydrogen) atoms. The maximum Gasteiger partial charge on any atom is 0.490 e. The van der Waals surface area contributed by atoms with Crippen molar-refractivity contribution in [2.75, 3.05) is 63.7 Å². The highest BCUT2D eigenvalue weighted by molar-refractivity contribution is 5.98. The van der Waals surface area contributed by atoms with Crippen molar-refractivity contribution in [3.05, 3.63) is 34.9 Å². The quantitative estimate of drug-likeness (QED) is 0.172. The zero-order valence-electron chi connectivity index (χ0n) is 31.1. The van der Waals surface area contributed by atoms with E-state index in [1.165, 1.54) is 9.20 Å². The van der Waals surface area contributed by atoms with E-state index in [-0.39, 0.29) is 35.5 Å². The Kier molecular flexibility index (Phi) is 15.6. The number of anilines is 2. The molecular weight excluding hydrogens is 752 g/mol. The molecular formula is C33H43F6N7O9. The van der Waals surface area contributed by atoms with Gasteiger partial charge in [0.25, 0.3) is 11.8 Å². The third-order valence-electron chi connectivity index (χ3n) is 7.70. The van der Waals surface area contributed by atoms with Gasteiger partial charge in [-0.2, -0.15) is 26.3 Å². The van der Waals surface area contributed by atoms with E-state index in [1.807, 2.05) is 32.9 Å². The molecule has 1 amide bonds. The highest BCUT2D eigenvalue weighted by atomic mass is 19.4. The van der Waals surface area contributed by atoms with Crippen LogP contribution >= 0.6 is 0 Å². The number of aromatic nitrogens is 4. The number of rotatable bonds is 10. The molecule has 16 nitrogen and oxygen atoms in total. The number of hydrogen-bond acceptors (Lipinski definition) is 12. The van der Waals surface area contributed by atoms with Gasteiger partial charge >= 0.3 is 29.9 Å². The lowest BCUT2D eigenvalue weighted by Gasteiger charge is -2.33. The van der Waals surface area contributed by atoms with Crippen LogP contribution in [0.25, 0.3) is 5.65 Å². The van der Waals surface area contributed by atoms with Crippen molar-refractivity contribution < 1.29 is 74.6 Å². The molecule has 3 N–H and O–H groups in total. The summed E-state index contributed by atoms with van der Waals surface area (Å²) in [5, 5.41) is 24.8. The number of halogens is 6. The number of aliphatic carboxylic acids is 2. The van der Waals surface area contributed by atoms with Crippen LogP contribution in [0, 0.1) is 0 Å². The van der Waals surface area contributed by atoms with Crippen LogP contribution in [0.4, 0.5) is 38.0 Å². The Morgan fingerprint density at radius 3 is 1.98 bits per heavy atom. The monoisotopic (exact) mass is 795 g/mol. The largest absolute Gasteiger partial charge is 0.542 e. The first-order chi connectivity index (χ1) is 25.4. The molecule has 3 heterocycles. The van der Waals surface area contributed by atoms with E-state index in [4.69, 9.17) is 39.7 Å². The number of ketones is 1. The lowest BCUT2D eigenvalue weighted by atomic mass is 9.84. The van der Waals surface area contributed by atoms with Gasteiger partial charge in [-0.05, 0) is 48.5 Å². The molecule has 0 saturated carbocycles. The van der Waals surface area contributed by atoms with Crippen LogP contribution in [-0.4, -0.2) is 114 Å². The summed E-state index contributed by atoms with van der Waals surface area (Å²) in [6, 6.07) is 5.42. The Hall–Kier alpha value is -5.41. The Morgan fingerprint density at radius 2 is 1.55 bits per heavy atom. The average molecular weight is 796 g/mol. The van der Waals surface area contributed by atoms with E-state index in [0.717, 1.165) is 17.0 Å². The lowest BCUT2D eigenvalue weighted by molar-refractivity contribution is -0.714. The number of morpholine rings is 1. The molecule has 4 rings (SSSR count). The number of carboxylic acids is 2. The van der Waals surface area contributed by atoms with Crippen LogP contribution in [0.1, 0.15) is 67.8 Å². The Morgan fingerprint density at radius 1 is 1.00 bits per heavy atom. The predicted molar refractivity (Wildman–Crippen MR) is 180 cm³/mol. The zero-order chi connectivity index (χ0) is 42.1. The Labute approximate surface area is 311 Å². The molecule has 0 atom stereocenters. The van der Waals surface area contributed by atoms with Crippen molar-refractivity contribution in [1.82, 2.24) is 19.6 Å². The van der Waals surface area contributed by atoms with Gasteiger partial charge in [-0.25, -0.2) is 4.79 Å². The number of nitrogens with zero attached hydrogens (tertiary/aromatic N) is 6. The number of amides is 1. The first-order valence-electron chi connectivity index (χ1n) is 16.6. The second-order valence-corrected chi connectivity index (χ2v) is 12.5. The van der Waals surface area contributed by atoms with Crippen molar-refractivity contribution in [2.24, 2.45) is 0 Å². The van der Waals surface area contributed by atoms with Gasteiger partial charge in [0, 0.05) is 37.3 Å². The second kappa shape index (κ2) is 18.8. The molecule has 0 radical (unpaired) electrons. The maximum atomic E-state index is 13.9. The number of Topliss-reactive ketones (excluding diaryl/α,β-unsaturated/α-hetero) is 1. The van der Waals surface area contributed by atoms with Gasteiger partial charge in [-0.3, -0.25) is 9.59 Å². The van der Waals surface area contributed by atoms with E-state index in [9.17, 15) is 35.9 Å². The van der Waals surface area contributed by atoms with Gasteiger partial charge in [-0.15, -0.1) is 4.68 Å². The van der Waals surface area contributed by atoms with Gasteiger partial charge in [0.2, 0.25) is 5.78 Å². The van der Waals surface area contributed by atoms with E-state index in [1.54, 1.807) is 18.1 Å². The third kappa shape index (κ3) is 12.0. The summed E-state index contributed by atoms with van der Waals surface area (Å²) >= 11 is 0. The Balaban J connectivity index is 0.000000633. The Bertz CT molecular complexity index is 1810. The van der Waals surface area contributed by atoms with Crippen molar-refractivity contribution in [2.45, 2.75) is 65.9 Å². The molecule has 1 saturated heterocycles. The average Bonchev–Trinajstić information content (AvgIpc) is 3.40. The van der Waals surface area contributed by atoms with E-state index >= 15 is 0 Å². The van der Waals surface area contributed by atoms with Gasteiger partial charge in [0.05, 0.1) is 38.7 Å². The lowest BCUT2D eigenvalue weighted by Crippen LogP contribution is -2.41. The van der Waals surface area contributed by atoms with Crippen LogP contribution in [-0.2, 0) is 26.3 Å². The minimum atomic E-state index is -5.19. The number of ether oxygens (including phenoxy) is 3. The van der Waals surface area contributed by atoms with Gasteiger partial charge in [0.1, 0.15) is 17.3 Å². The van der Waals surface area contributed by atoms with Crippen LogP contribution < -0.4 is 29.9 Å². The summed E-state index contributed by atoms with van der Waals surface area (Å²) in [5.41, 5.74) is 8.95. The van der Waals surface area contributed by atoms with Crippen molar-refractivity contribution in [3.63, 3.8) is 0 Å². The SMILES string of the molecule is CCOc1nn2c(N)n[n+](CC(=O)c3cc(N4CCOCC4)c(OC)c(C(C)(C)C)c3)c2cc1C(=O)N(CC)CC.O=C(O)C(F)(F)F.O=C([O-])C(F)(F)F. The highest BCUT2D eigenvalue weighted by Crippen LogP contribution is 2.40. The van der Waals surface area contributed by atoms with Crippen molar-refractivity contribution >= 4 is 40.9 Å². The topological polar surface area (TPSA) is 206 Å². The summed E-state index contributed by atoms with van der Waals surface area (Å²) in [6.07, 6.45) is -10.3. The molecule has 1 aromatic carbocycles. The van der Waals surface area contributed by atoms with Gasteiger partial charge in [0.15, 0.2) is 6.54 Å². The molecule has 0 bridgehead atoms. The zero-order valence-corrected chi connectivity index (χ0v) is 31.1. The molecule has 0 unspecified atom stereocenters. The normalized spacial score (nSPS) is 13.2. The first kappa shape index (κ1) is 45.7. The molecule has 2 aromatic heterocycles. The number of nitrogens with two attached hydrogens (primary N) is 1. The van der Waals surface area contributed by atoms with Crippen LogP contribution in [0.2, 0.25) is 0 Å². The van der Waals surface area contributed by atoms with Crippen LogP contribution in [0.15, 0.2) is 18.2 Å². The number of methoxy groups -OCH3 is 1.